The Bertz CT molecular complexity index is 970. The van der Waals surface area contributed by atoms with E-state index in [-0.39, 0.29) is 11.4 Å². The minimum atomic E-state index is -0.558. The van der Waals surface area contributed by atoms with Gasteiger partial charge in [0.1, 0.15) is 35.1 Å². The summed E-state index contributed by atoms with van der Waals surface area (Å²) in [4.78, 5) is 4.60. The van der Waals surface area contributed by atoms with Gasteiger partial charge < -0.3 is 10.1 Å². The third-order valence-electron chi connectivity index (χ3n) is 4.13. The van der Waals surface area contributed by atoms with E-state index in [0.717, 1.165) is 11.3 Å². The fourth-order valence-corrected chi connectivity index (χ4v) is 2.56. The lowest BCUT2D eigenvalue weighted by Gasteiger charge is -2.17. The second kappa shape index (κ2) is 9.52. The van der Waals surface area contributed by atoms with Gasteiger partial charge in [0.2, 0.25) is 0 Å². The van der Waals surface area contributed by atoms with Crippen LogP contribution in [0.4, 0.5) is 10.1 Å². The summed E-state index contributed by atoms with van der Waals surface area (Å²) in [6.07, 6.45) is 1.36. The molecule has 0 aromatic heterocycles. The molecular formula is C23H24FN3O. The Morgan fingerprint density at radius 1 is 1.25 bits per heavy atom. The Labute approximate surface area is 165 Å². The van der Waals surface area contributed by atoms with Crippen LogP contribution in [0.3, 0.4) is 0 Å². The summed E-state index contributed by atoms with van der Waals surface area (Å²) >= 11 is 0. The average molecular weight is 377 g/mol. The highest BCUT2D eigenvalue weighted by atomic mass is 19.1. The number of allylic oxidation sites excluding steroid dienone is 2. The van der Waals surface area contributed by atoms with E-state index >= 15 is 0 Å². The molecule has 0 saturated heterocycles. The van der Waals surface area contributed by atoms with Crippen molar-refractivity contribution in [1.82, 2.24) is 5.32 Å². The van der Waals surface area contributed by atoms with Gasteiger partial charge in [0.05, 0.1) is 5.69 Å². The molecule has 1 unspecified atom stereocenters. The summed E-state index contributed by atoms with van der Waals surface area (Å²) < 4.78 is 19.9. The van der Waals surface area contributed by atoms with Gasteiger partial charge in [-0.15, -0.1) is 0 Å². The molecule has 2 aromatic carbocycles. The quantitative estimate of drug-likeness (QED) is 0.499. The maximum Gasteiger partial charge on any atom is 0.140 e. The largest absolute Gasteiger partial charge is 0.484 e. The highest BCUT2D eigenvalue weighted by molar-refractivity contribution is 6.00. The second-order valence-corrected chi connectivity index (χ2v) is 6.38. The highest BCUT2D eigenvalue weighted by Gasteiger charge is 2.16. The first-order valence-electron chi connectivity index (χ1n) is 8.96. The van der Waals surface area contributed by atoms with E-state index in [1.54, 1.807) is 43.3 Å². The number of halogens is 1. The fraction of sp³-hybridized carbons (Fsp3) is 0.217. The van der Waals surface area contributed by atoms with E-state index < -0.39 is 6.10 Å². The number of benzene rings is 2. The van der Waals surface area contributed by atoms with Gasteiger partial charge in [0.15, 0.2) is 0 Å². The van der Waals surface area contributed by atoms with Crippen molar-refractivity contribution in [2.24, 2.45) is 4.99 Å². The van der Waals surface area contributed by atoms with Gasteiger partial charge in [-0.2, -0.15) is 5.26 Å². The summed E-state index contributed by atoms with van der Waals surface area (Å²) in [5.74, 6) is 0.609. The van der Waals surface area contributed by atoms with E-state index in [9.17, 15) is 9.65 Å². The number of hydrogen-bond acceptors (Lipinski definition) is 3. The highest BCUT2D eigenvalue weighted by Crippen LogP contribution is 2.32. The molecule has 1 atom stereocenters. The van der Waals surface area contributed by atoms with Gasteiger partial charge in [-0.25, -0.2) is 9.38 Å². The first-order chi connectivity index (χ1) is 13.4. The van der Waals surface area contributed by atoms with Crippen LogP contribution in [0.15, 0.2) is 71.4 Å². The van der Waals surface area contributed by atoms with Crippen LogP contribution in [0.2, 0.25) is 0 Å². The van der Waals surface area contributed by atoms with Gasteiger partial charge in [0, 0.05) is 11.3 Å². The monoisotopic (exact) mass is 377 g/mol. The maximum atomic E-state index is 14.0. The molecule has 5 heteroatoms. The predicted octanol–water partition coefficient (Wildman–Crippen LogP) is 5.96. The summed E-state index contributed by atoms with van der Waals surface area (Å²) in [7, 11) is 0. The van der Waals surface area contributed by atoms with Crippen LogP contribution in [0.1, 0.15) is 44.9 Å². The van der Waals surface area contributed by atoms with E-state index in [1.807, 2.05) is 26.8 Å². The Kier molecular flexibility index (Phi) is 7.11. The van der Waals surface area contributed by atoms with Gasteiger partial charge in [-0.05, 0) is 51.5 Å². The van der Waals surface area contributed by atoms with Crippen LogP contribution in [-0.2, 0) is 0 Å². The molecule has 0 bridgehead atoms. The third kappa shape index (κ3) is 5.08. The van der Waals surface area contributed by atoms with Crippen molar-refractivity contribution in [3.8, 4) is 11.8 Å². The summed E-state index contributed by atoms with van der Waals surface area (Å²) in [5, 5.41) is 12.8. The SMILES string of the molecule is C=C(C)NC(=Nc1cccc(OC(C)c2ccccc2F)c1C#N)/C(C)=C\C. The normalized spacial score (nSPS) is 12.9. The lowest BCUT2D eigenvalue weighted by atomic mass is 10.1. The van der Waals surface area contributed by atoms with Gasteiger partial charge in [-0.1, -0.05) is 36.9 Å². The molecule has 0 amide bonds. The van der Waals surface area contributed by atoms with Crippen molar-refractivity contribution in [3.63, 3.8) is 0 Å². The number of nitriles is 1. The van der Waals surface area contributed by atoms with Crippen molar-refractivity contribution in [1.29, 1.82) is 5.26 Å². The minimum absolute atomic E-state index is 0.288. The molecular weight excluding hydrogens is 353 g/mol. The fourth-order valence-electron chi connectivity index (χ4n) is 2.56. The molecule has 0 radical (unpaired) electrons. The Hall–Kier alpha value is -3.39. The van der Waals surface area contributed by atoms with Crippen molar-refractivity contribution in [2.45, 2.75) is 33.8 Å². The zero-order chi connectivity index (χ0) is 20.7. The topological polar surface area (TPSA) is 57.4 Å². The molecule has 4 nitrogen and oxygen atoms in total. The van der Waals surface area contributed by atoms with Gasteiger partial charge in [0.25, 0.3) is 0 Å². The minimum Gasteiger partial charge on any atom is -0.484 e. The molecule has 0 heterocycles. The average Bonchev–Trinajstić information content (AvgIpc) is 2.67. The van der Waals surface area contributed by atoms with Gasteiger partial charge in [-0.3, -0.25) is 0 Å². The third-order valence-corrected chi connectivity index (χ3v) is 4.13. The zero-order valence-electron chi connectivity index (χ0n) is 16.6. The van der Waals surface area contributed by atoms with Crippen molar-refractivity contribution >= 4 is 11.5 Å². The Morgan fingerprint density at radius 3 is 2.57 bits per heavy atom. The summed E-state index contributed by atoms with van der Waals surface area (Å²) in [5.41, 5.74) is 2.83. The van der Waals surface area contributed by atoms with E-state index in [4.69, 9.17) is 4.74 Å². The van der Waals surface area contributed by atoms with Crippen LogP contribution < -0.4 is 10.1 Å². The molecule has 28 heavy (non-hydrogen) atoms. The molecule has 0 saturated carbocycles. The first-order valence-corrected chi connectivity index (χ1v) is 8.96. The smallest absolute Gasteiger partial charge is 0.140 e. The lowest BCUT2D eigenvalue weighted by molar-refractivity contribution is 0.221. The molecule has 1 N–H and O–H groups in total. The van der Waals surface area contributed by atoms with E-state index in [2.05, 4.69) is 23.0 Å². The first kappa shape index (κ1) is 20.9. The summed E-state index contributed by atoms with van der Waals surface area (Å²) in [6.45, 7) is 11.3. The van der Waals surface area contributed by atoms with Crippen LogP contribution in [0, 0.1) is 17.1 Å². The number of ether oxygens (including phenoxy) is 1. The number of hydrogen-bond donors (Lipinski definition) is 1. The number of nitrogens with one attached hydrogen (secondary N) is 1. The van der Waals surface area contributed by atoms with Gasteiger partial charge >= 0.3 is 0 Å². The van der Waals surface area contributed by atoms with Crippen molar-refractivity contribution in [2.75, 3.05) is 0 Å². The van der Waals surface area contributed by atoms with E-state index in [0.29, 0.717) is 22.8 Å². The Balaban J connectivity index is 2.44. The van der Waals surface area contributed by atoms with Crippen molar-refractivity contribution < 1.29 is 9.13 Å². The molecule has 0 aliphatic carbocycles. The van der Waals surface area contributed by atoms with Crippen LogP contribution in [-0.4, -0.2) is 5.84 Å². The number of amidine groups is 1. The number of nitrogens with zero attached hydrogens (tertiary/aromatic N) is 2. The zero-order valence-corrected chi connectivity index (χ0v) is 16.6. The molecule has 2 rings (SSSR count). The molecule has 2 aromatic rings. The molecule has 0 spiro atoms. The summed E-state index contributed by atoms with van der Waals surface area (Å²) in [6, 6.07) is 13.8. The molecule has 0 aliphatic heterocycles. The lowest BCUT2D eigenvalue weighted by Crippen LogP contribution is -2.21. The second-order valence-electron chi connectivity index (χ2n) is 6.38. The van der Waals surface area contributed by atoms with E-state index in [1.165, 1.54) is 6.07 Å². The molecule has 0 aliphatic rings. The number of rotatable bonds is 6. The molecule has 144 valence electrons. The van der Waals surface area contributed by atoms with Crippen LogP contribution >= 0.6 is 0 Å². The van der Waals surface area contributed by atoms with Crippen molar-refractivity contribution in [3.05, 3.63) is 83.3 Å². The maximum absolute atomic E-state index is 14.0. The van der Waals surface area contributed by atoms with Crippen LogP contribution in [0.5, 0.6) is 5.75 Å². The van der Waals surface area contributed by atoms with Crippen LogP contribution in [0.25, 0.3) is 0 Å². The number of aliphatic imine (C=N–C) groups is 1. The Morgan fingerprint density at radius 2 is 1.96 bits per heavy atom. The standard InChI is InChI=1S/C23H24FN3O/c1-6-16(4)23(26-15(2)3)27-21-12-9-13-22(19(21)14-25)28-17(5)18-10-7-8-11-20(18)24/h6-13,17H,2H2,1,3-5H3,(H,26,27)/b16-6-. The predicted molar refractivity (Wildman–Crippen MR) is 111 cm³/mol. The molecule has 0 fully saturated rings.